The Morgan fingerprint density at radius 2 is 2.05 bits per heavy atom. The number of anilines is 2. The largest absolute Gasteiger partial charge is 0.497 e. The second kappa shape index (κ2) is 5.43. The molecule has 0 spiro atoms. The molecule has 1 aromatic heterocycles. The summed E-state index contributed by atoms with van der Waals surface area (Å²) in [6.07, 6.45) is 1.66. The molecule has 0 radical (unpaired) electrons. The molecule has 6 heteroatoms. The fraction of sp³-hybridized carbons (Fsp3) is 0.231. The molecular formula is C13H16N4O2. The molecule has 19 heavy (non-hydrogen) atoms. The van der Waals surface area contributed by atoms with Crippen LogP contribution in [0.25, 0.3) is 0 Å². The summed E-state index contributed by atoms with van der Waals surface area (Å²) in [7, 11) is 3.29. The average Bonchev–Trinajstić information content (AvgIpc) is 2.83. The third kappa shape index (κ3) is 3.04. The number of urea groups is 1. The molecule has 0 unspecified atom stereocenters. The molecule has 2 amide bonds. The lowest BCUT2D eigenvalue weighted by atomic mass is 10.3. The maximum atomic E-state index is 12.0. The van der Waals surface area contributed by atoms with Gasteiger partial charge in [-0.3, -0.25) is 10.2 Å². The summed E-state index contributed by atoms with van der Waals surface area (Å²) < 4.78 is 5.07. The van der Waals surface area contributed by atoms with Crippen LogP contribution in [-0.4, -0.2) is 30.2 Å². The van der Waals surface area contributed by atoms with Crippen LogP contribution in [0.2, 0.25) is 0 Å². The number of amides is 2. The maximum absolute atomic E-state index is 12.0. The Morgan fingerprint density at radius 1 is 1.37 bits per heavy atom. The van der Waals surface area contributed by atoms with Crippen LogP contribution in [0.5, 0.6) is 5.75 Å². The van der Waals surface area contributed by atoms with Crippen molar-refractivity contribution in [3.05, 3.63) is 36.2 Å². The van der Waals surface area contributed by atoms with Crippen molar-refractivity contribution in [2.45, 2.75) is 6.92 Å². The number of carbonyl (C=O) groups excluding carboxylic acids is 1. The number of hydrogen-bond acceptors (Lipinski definition) is 3. The van der Waals surface area contributed by atoms with Crippen molar-refractivity contribution in [3.8, 4) is 5.75 Å². The predicted molar refractivity (Wildman–Crippen MR) is 73.7 cm³/mol. The van der Waals surface area contributed by atoms with Crippen LogP contribution in [0.1, 0.15) is 5.69 Å². The van der Waals surface area contributed by atoms with E-state index in [1.165, 1.54) is 4.90 Å². The number of hydrogen-bond donors (Lipinski definition) is 2. The van der Waals surface area contributed by atoms with Crippen LogP contribution in [0.4, 0.5) is 16.4 Å². The Kier molecular flexibility index (Phi) is 3.70. The Morgan fingerprint density at radius 3 is 2.58 bits per heavy atom. The van der Waals surface area contributed by atoms with Gasteiger partial charge in [-0.25, -0.2) is 9.78 Å². The highest BCUT2D eigenvalue weighted by atomic mass is 16.5. The van der Waals surface area contributed by atoms with Crippen molar-refractivity contribution < 1.29 is 9.53 Å². The van der Waals surface area contributed by atoms with Crippen molar-refractivity contribution in [2.75, 3.05) is 24.4 Å². The first-order valence-corrected chi connectivity index (χ1v) is 5.80. The minimum atomic E-state index is -0.264. The number of imidazole rings is 1. The zero-order valence-corrected chi connectivity index (χ0v) is 11.1. The van der Waals surface area contributed by atoms with E-state index in [2.05, 4.69) is 15.3 Å². The normalized spacial score (nSPS) is 10.1. The minimum Gasteiger partial charge on any atom is -0.497 e. The summed E-state index contributed by atoms with van der Waals surface area (Å²) in [6.45, 7) is 1.87. The first-order chi connectivity index (χ1) is 9.10. The fourth-order valence-electron chi connectivity index (χ4n) is 1.58. The van der Waals surface area contributed by atoms with Crippen LogP contribution in [0, 0.1) is 6.92 Å². The fourth-order valence-corrected chi connectivity index (χ4v) is 1.58. The number of benzene rings is 1. The molecule has 100 valence electrons. The highest BCUT2D eigenvalue weighted by Gasteiger charge is 2.12. The molecule has 0 bridgehead atoms. The summed E-state index contributed by atoms with van der Waals surface area (Å²) in [5.41, 5.74) is 1.66. The predicted octanol–water partition coefficient (Wildman–Crippen LogP) is 2.40. The van der Waals surface area contributed by atoms with E-state index in [0.717, 1.165) is 17.1 Å². The molecule has 2 aromatic rings. The van der Waals surface area contributed by atoms with Gasteiger partial charge < -0.3 is 9.72 Å². The van der Waals surface area contributed by atoms with E-state index in [4.69, 9.17) is 4.74 Å². The minimum absolute atomic E-state index is 0.264. The van der Waals surface area contributed by atoms with E-state index in [1.807, 2.05) is 19.1 Å². The first-order valence-electron chi connectivity index (χ1n) is 5.80. The number of nitrogens with one attached hydrogen (secondary N) is 2. The van der Waals surface area contributed by atoms with E-state index in [9.17, 15) is 4.79 Å². The standard InChI is InChI=1S/C13H16N4O2/c1-9-8-14-12(15-9)16-13(18)17(2)10-4-6-11(19-3)7-5-10/h4-8H,1-3H3,(H2,14,15,16,18). The maximum Gasteiger partial charge on any atom is 0.328 e. The number of aromatic nitrogens is 2. The van der Waals surface area contributed by atoms with E-state index >= 15 is 0 Å². The van der Waals surface area contributed by atoms with Gasteiger partial charge in [0.1, 0.15) is 5.75 Å². The number of nitrogens with zero attached hydrogens (tertiary/aromatic N) is 2. The summed E-state index contributed by atoms with van der Waals surface area (Å²) in [5.74, 6) is 1.18. The highest BCUT2D eigenvalue weighted by molar-refractivity contribution is 6.00. The van der Waals surface area contributed by atoms with Gasteiger partial charge in [0.05, 0.1) is 7.11 Å². The summed E-state index contributed by atoms with van der Waals surface area (Å²) in [4.78, 5) is 20.5. The molecule has 2 N–H and O–H groups in total. The Hall–Kier alpha value is -2.50. The lowest BCUT2D eigenvalue weighted by molar-refractivity contribution is 0.258. The van der Waals surface area contributed by atoms with Gasteiger partial charge in [0.15, 0.2) is 0 Å². The molecule has 0 saturated heterocycles. The zero-order valence-electron chi connectivity index (χ0n) is 11.1. The van der Waals surface area contributed by atoms with Gasteiger partial charge in [-0.2, -0.15) is 0 Å². The number of aromatic amines is 1. The first kappa shape index (κ1) is 12.9. The van der Waals surface area contributed by atoms with Crippen molar-refractivity contribution in [1.29, 1.82) is 0 Å². The molecule has 0 aliphatic carbocycles. The number of ether oxygens (including phenoxy) is 1. The third-order valence-corrected chi connectivity index (χ3v) is 2.69. The summed E-state index contributed by atoms with van der Waals surface area (Å²) in [6, 6.07) is 6.96. The van der Waals surface area contributed by atoms with E-state index in [0.29, 0.717) is 5.95 Å². The Balaban J connectivity index is 2.05. The number of rotatable bonds is 3. The topological polar surface area (TPSA) is 70.2 Å². The van der Waals surface area contributed by atoms with Crippen LogP contribution in [-0.2, 0) is 0 Å². The Labute approximate surface area is 111 Å². The molecule has 1 heterocycles. The molecule has 1 aromatic carbocycles. The second-order valence-corrected chi connectivity index (χ2v) is 4.10. The molecule has 0 atom stereocenters. The van der Waals surface area contributed by atoms with Gasteiger partial charge in [0, 0.05) is 24.6 Å². The van der Waals surface area contributed by atoms with Crippen molar-refractivity contribution in [2.24, 2.45) is 0 Å². The van der Waals surface area contributed by atoms with Gasteiger partial charge in [0.2, 0.25) is 5.95 Å². The molecule has 0 fully saturated rings. The zero-order chi connectivity index (χ0) is 13.8. The number of methoxy groups -OCH3 is 1. The van der Waals surface area contributed by atoms with E-state index in [1.54, 1.807) is 32.5 Å². The van der Waals surface area contributed by atoms with Gasteiger partial charge in [-0.15, -0.1) is 0 Å². The molecular weight excluding hydrogens is 244 g/mol. The Bertz CT molecular complexity index is 562. The monoisotopic (exact) mass is 260 g/mol. The summed E-state index contributed by atoms with van der Waals surface area (Å²) in [5, 5.41) is 2.68. The lowest BCUT2D eigenvalue weighted by Crippen LogP contribution is -2.31. The second-order valence-electron chi connectivity index (χ2n) is 4.10. The molecule has 0 aliphatic heterocycles. The van der Waals surface area contributed by atoms with E-state index in [-0.39, 0.29) is 6.03 Å². The SMILES string of the molecule is COc1ccc(N(C)C(=O)Nc2ncc(C)[nH]2)cc1. The lowest BCUT2D eigenvalue weighted by Gasteiger charge is -2.17. The van der Waals surface area contributed by atoms with E-state index < -0.39 is 0 Å². The smallest absolute Gasteiger partial charge is 0.328 e. The highest BCUT2D eigenvalue weighted by Crippen LogP contribution is 2.18. The van der Waals surface area contributed by atoms with Crippen molar-refractivity contribution >= 4 is 17.7 Å². The number of H-pyrrole nitrogens is 1. The van der Waals surface area contributed by atoms with Gasteiger partial charge in [-0.1, -0.05) is 0 Å². The molecule has 6 nitrogen and oxygen atoms in total. The van der Waals surface area contributed by atoms with Crippen LogP contribution < -0.4 is 15.0 Å². The van der Waals surface area contributed by atoms with Crippen LogP contribution >= 0.6 is 0 Å². The van der Waals surface area contributed by atoms with Crippen molar-refractivity contribution in [1.82, 2.24) is 9.97 Å². The molecule has 0 aliphatic rings. The van der Waals surface area contributed by atoms with Crippen molar-refractivity contribution in [3.63, 3.8) is 0 Å². The third-order valence-electron chi connectivity index (χ3n) is 2.69. The number of carbonyl (C=O) groups is 1. The van der Waals surface area contributed by atoms with Crippen LogP contribution in [0.15, 0.2) is 30.5 Å². The average molecular weight is 260 g/mol. The molecule has 0 saturated carbocycles. The summed E-state index contributed by atoms with van der Waals surface area (Å²) >= 11 is 0. The van der Waals surface area contributed by atoms with Crippen LogP contribution in [0.3, 0.4) is 0 Å². The quantitative estimate of drug-likeness (QED) is 0.890. The number of aryl methyl sites for hydroxylation is 1. The van der Waals surface area contributed by atoms with Gasteiger partial charge in [0.25, 0.3) is 0 Å². The molecule has 2 rings (SSSR count). The van der Waals surface area contributed by atoms with Gasteiger partial charge >= 0.3 is 6.03 Å². The van der Waals surface area contributed by atoms with Gasteiger partial charge in [-0.05, 0) is 31.2 Å².